The normalized spacial score (nSPS) is 12.9. The fourth-order valence-electron chi connectivity index (χ4n) is 6.13. The number of hydrogen-bond acceptors (Lipinski definition) is 6. The molecule has 8 nitrogen and oxygen atoms in total. The van der Waals surface area contributed by atoms with E-state index >= 15 is 0 Å². The number of carbonyl (C=O) groups is 2. The summed E-state index contributed by atoms with van der Waals surface area (Å²) < 4.78 is 26.4. The van der Waals surface area contributed by atoms with Gasteiger partial charge in [-0.15, -0.1) is 0 Å². The second-order valence-corrected chi connectivity index (χ2v) is 15.9. The Morgan fingerprint density at radius 1 is 0.500 bits per heavy atom. The molecule has 0 saturated heterocycles. The van der Waals surface area contributed by atoms with E-state index in [-0.39, 0.29) is 19.4 Å². The van der Waals surface area contributed by atoms with Crippen LogP contribution >= 0.6 is 7.82 Å². The smallest absolute Gasteiger partial charge is 0.462 e. The molecule has 0 aliphatic carbocycles. The maximum Gasteiger partial charge on any atom is 0.469 e. The molecule has 0 aliphatic rings. The number of carbonyl (C=O) groups excluding carboxylic acids is 2. The largest absolute Gasteiger partial charge is 0.469 e. The Hall–Kier alpha value is -1.99. The monoisotopic (exact) mass is 781 g/mol. The maximum atomic E-state index is 12.4. The standard InChI is InChI=1S/C45H81O8P/c1-3-5-7-9-11-13-15-17-19-20-21-22-23-24-26-28-30-32-34-36-38-40-45(47)53-43(42-52-54(48,49)50)41-51-44(46)39-37-35-33-31-29-27-25-18-16-14-12-10-8-6-4-2/h6,8,12,14,18,25,29,31,43H,3-5,7,9-11,13,15-17,19-24,26-28,30,32-42H2,1-2H3,(H2,48,49,50)/b8-6-,14-12-,25-18-,31-29-/t43-/m1/s1. The zero-order valence-corrected chi connectivity index (χ0v) is 35.5. The van der Waals surface area contributed by atoms with E-state index in [0.29, 0.717) is 12.8 Å². The van der Waals surface area contributed by atoms with E-state index < -0.39 is 32.5 Å². The number of phosphoric ester groups is 1. The molecular formula is C45H81O8P. The van der Waals surface area contributed by atoms with E-state index in [9.17, 15) is 14.2 Å². The third kappa shape index (κ3) is 42.7. The molecule has 0 aromatic carbocycles. The molecule has 0 radical (unpaired) electrons. The van der Waals surface area contributed by atoms with Gasteiger partial charge in [-0.25, -0.2) is 4.57 Å². The molecule has 0 bridgehead atoms. The van der Waals surface area contributed by atoms with Crippen LogP contribution in [-0.4, -0.2) is 41.0 Å². The number of ether oxygens (including phenoxy) is 2. The van der Waals surface area contributed by atoms with Crippen molar-refractivity contribution in [3.63, 3.8) is 0 Å². The van der Waals surface area contributed by atoms with Gasteiger partial charge in [-0.2, -0.15) is 0 Å². The average molecular weight is 781 g/mol. The summed E-state index contributed by atoms with van der Waals surface area (Å²) in [7, 11) is -4.76. The van der Waals surface area contributed by atoms with Crippen LogP contribution in [0.5, 0.6) is 0 Å². The van der Waals surface area contributed by atoms with Crippen LogP contribution in [0.2, 0.25) is 0 Å². The highest BCUT2D eigenvalue weighted by Crippen LogP contribution is 2.36. The summed E-state index contributed by atoms with van der Waals surface area (Å²) in [6.45, 7) is 3.55. The molecule has 9 heteroatoms. The van der Waals surface area contributed by atoms with Crippen molar-refractivity contribution in [2.45, 2.75) is 213 Å². The predicted octanol–water partition coefficient (Wildman–Crippen LogP) is 13.5. The van der Waals surface area contributed by atoms with Crippen molar-refractivity contribution in [2.75, 3.05) is 13.2 Å². The Balaban J connectivity index is 3.90. The van der Waals surface area contributed by atoms with E-state index in [1.165, 1.54) is 109 Å². The van der Waals surface area contributed by atoms with Crippen molar-refractivity contribution in [1.29, 1.82) is 0 Å². The van der Waals surface area contributed by atoms with Crippen LogP contribution in [0, 0.1) is 0 Å². The average Bonchev–Trinajstić information content (AvgIpc) is 3.14. The highest BCUT2D eigenvalue weighted by Gasteiger charge is 2.22. The number of unbranched alkanes of at least 4 members (excludes halogenated alkanes) is 22. The Kier molecular flexibility index (Phi) is 39.2. The molecule has 0 heterocycles. The van der Waals surface area contributed by atoms with Crippen LogP contribution in [0.25, 0.3) is 0 Å². The van der Waals surface area contributed by atoms with Crippen molar-refractivity contribution < 1.29 is 37.9 Å². The quantitative estimate of drug-likeness (QED) is 0.0273. The summed E-state index contributed by atoms with van der Waals surface area (Å²) in [6.07, 6.45) is 49.9. The lowest BCUT2D eigenvalue weighted by atomic mass is 10.0. The first-order chi connectivity index (χ1) is 26.3. The number of rotatable bonds is 40. The first-order valence-corrected chi connectivity index (χ1v) is 23.5. The maximum absolute atomic E-state index is 12.4. The molecule has 1 atom stereocenters. The number of esters is 2. The molecule has 0 fully saturated rings. The molecule has 0 amide bonds. The molecule has 54 heavy (non-hydrogen) atoms. The lowest BCUT2D eigenvalue weighted by molar-refractivity contribution is -0.161. The molecular weight excluding hydrogens is 699 g/mol. The topological polar surface area (TPSA) is 119 Å². The van der Waals surface area contributed by atoms with Gasteiger partial charge < -0.3 is 19.3 Å². The van der Waals surface area contributed by atoms with Gasteiger partial charge in [0.15, 0.2) is 6.10 Å². The summed E-state index contributed by atoms with van der Waals surface area (Å²) in [6, 6.07) is 0. The van der Waals surface area contributed by atoms with Gasteiger partial charge in [0.05, 0.1) is 6.61 Å². The zero-order chi connectivity index (χ0) is 39.6. The molecule has 0 unspecified atom stereocenters. The van der Waals surface area contributed by atoms with Gasteiger partial charge in [0.1, 0.15) is 6.61 Å². The predicted molar refractivity (Wildman–Crippen MR) is 225 cm³/mol. The summed E-state index contributed by atoms with van der Waals surface area (Å²) in [5, 5.41) is 0. The highest BCUT2D eigenvalue weighted by molar-refractivity contribution is 7.46. The Morgan fingerprint density at radius 2 is 0.889 bits per heavy atom. The van der Waals surface area contributed by atoms with E-state index in [0.717, 1.165) is 57.8 Å². The van der Waals surface area contributed by atoms with Gasteiger partial charge in [-0.3, -0.25) is 14.1 Å². The van der Waals surface area contributed by atoms with Gasteiger partial charge in [0, 0.05) is 12.8 Å². The molecule has 314 valence electrons. The SMILES string of the molecule is CC/C=C\C/C=C\C/C=C\C/C=C\CCCCC(=O)OC[C@H](COP(=O)(O)O)OC(=O)CCCCCCCCCCCCCCCCCCCCCCC. The second kappa shape index (κ2) is 40.7. The third-order valence-corrected chi connectivity index (χ3v) is 9.85. The molecule has 0 spiro atoms. The highest BCUT2D eigenvalue weighted by atomic mass is 31.2. The van der Waals surface area contributed by atoms with Gasteiger partial charge in [-0.05, 0) is 51.4 Å². The van der Waals surface area contributed by atoms with E-state index in [4.69, 9.17) is 19.3 Å². The van der Waals surface area contributed by atoms with Crippen molar-refractivity contribution in [3.8, 4) is 0 Å². The van der Waals surface area contributed by atoms with Crippen LogP contribution in [0.4, 0.5) is 0 Å². The molecule has 0 aromatic heterocycles. The lowest BCUT2D eigenvalue weighted by Gasteiger charge is -2.18. The molecule has 0 rings (SSSR count). The lowest BCUT2D eigenvalue weighted by Crippen LogP contribution is -2.29. The zero-order valence-electron chi connectivity index (χ0n) is 34.6. The fourth-order valence-corrected chi connectivity index (χ4v) is 6.49. The molecule has 0 aliphatic heterocycles. The second-order valence-electron chi connectivity index (χ2n) is 14.6. The van der Waals surface area contributed by atoms with E-state index in [1.807, 2.05) is 0 Å². The Bertz CT molecular complexity index is 1020. The summed E-state index contributed by atoms with van der Waals surface area (Å²) >= 11 is 0. The summed E-state index contributed by atoms with van der Waals surface area (Å²) in [4.78, 5) is 42.9. The summed E-state index contributed by atoms with van der Waals surface area (Å²) in [5.41, 5.74) is 0. The van der Waals surface area contributed by atoms with Gasteiger partial charge >= 0.3 is 19.8 Å². The Labute approximate surface area is 331 Å². The van der Waals surface area contributed by atoms with Crippen molar-refractivity contribution in [1.82, 2.24) is 0 Å². The fraction of sp³-hybridized carbons (Fsp3) is 0.778. The summed E-state index contributed by atoms with van der Waals surface area (Å²) in [5.74, 6) is -0.928. The van der Waals surface area contributed by atoms with Crippen molar-refractivity contribution in [3.05, 3.63) is 48.6 Å². The first kappa shape index (κ1) is 52.0. The van der Waals surface area contributed by atoms with Gasteiger partial charge in [0.25, 0.3) is 0 Å². The van der Waals surface area contributed by atoms with Gasteiger partial charge in [-0.1, -0.05) is 191 Å². The van der Waals surface area contributed by atoms with E-state index in [2.05, 4.69) is 67.0 Å². The number of hydrogen-bond donors (Lipinski definition) is 2. The van der Waals surface area contributed by atoms with Crippen molar-refractivity contribution >= 4 is 19.8 Å². The van der Waals surface area contributed by atoms with Crippen LogP contribution in [0.3, 0.4) is 0 Å². The van der Waals surface area contributed by atoms with Crippen LogP contribution in [0.15, 0.2) is 48.6 Å². The molecule has 2 N–H and O–H groups in total. The number of phosphoric acid groups is 1. The first-order valence-electron chi connectivity index (χ1n) is 21.9. The Morgan fingerprint density at radius 3 is 1.33 bits per heavy atom. The van der Waals surface area contributed by atoms with Crippen LogP contribution in [0.1, 0.15) is 206 Å². The molecule has 0 saturated carbocycles. The van der Waals surface area contributed by atoms with Crippen LogP contribution in [-0.2, 0) is 28.2 Å². The minimum Gasteiger partial charge on any atom is -0.462 e. The molecule has 0 aromatic rings. The van der Waals surface area contributed by atoms with Gasteiger partial charge in [0.2, 0.25) is 0 Å². The minimum absolute atomic E-state index is 0.205. The third-order valence-electron chi connectivity index (χ3n) is 9.36. The van der Waals surface area contributed by atoms with Crippen LogP contribution < -0.4 is 0 Å². The number of allylic oxidation sites excluding steroid dienone is 8. The minimum atomic E-state index is -4.76. The van der Waals surface area contributed by atoms with E-state index in [1.54, 1.807) is 0 Å². The van der Waals surface area contributed by atoms with Crippen molar-refractivity contribution in [2.24, 2.45) is 0 Å².